The monoisotopic (exact) mass is 439 g/mol. The average molecular weight is 440 g/mol. The van der Waals surface area contributed by atoms with E-state index in [9.17, 15) is 0 Å². The van der Waals surface area contributed by atoms with E-state index >= 15 is 0 Å². The predicted octanol–water partition coefficient (Wildman–Crippen LogP) is 9.62. The Kier molecular flexibility index (Phi) is 21.9. The SMILES string of the molecule is C=C(CCCCCCCCCCCCCCCC)NCCCCCCCP(=C)(C)C. The summed E-state index contributed by atoms with van der Waals surface area (Å²) in [6.07, 6.45) is 33.6. The largest absolute Gasteiger partial charge is 0.389 e. The van der Waals surface area contributed by atoms with Crippen LogP contribution in [0.25, 0.3) is 0 Å². The molecule has 2 heteroatoms. The van der Waals surface area contributed by atoms with Crippen LogP contribution in [-0.2, 0) is 0 Å². The van der Waals surface area contributed by atoms with Crippen LogP contribution in [0.15, 0.2) is 12.3 Å². The van der Waals surface area contributed by atoms with Crippen LogP contribution in [0, 0.1) is 0 Å². The topological polar surface area (TPSA) is 12.0 Å². The molecule has 0 atom stereocenters. The third-order valence-corrected chi connectivity index (χ3v) is 7.67. The van der Waals surface area contributed by atoms with E-state index in [1.165, 1.54) is 140 Å². The van der Waals surface area contributed by atoms with Gasteiger partial charge in [-0.2, -0.15) is 0 Å². The van der Waals surface area contributed by atoms with E-state index < -0.39 is 6.89 Å². The molecule has 0 aliphatic rings. The van der Waals surface area contributed by atoms with Crippen LogP contribution in [0.1, 0.15) is 135 Å². The van der Waals surface area contributed by atoms with Gasteiger partial charge in [0.05, 0.1) is 0 Å². The average Bonchev–Trinajstić information content (AvgIpc) is 2.69. The van der Waals surface area contributed by atoms with Gasteiger partial charge in [-0.1, -0.05) is 116 Å². The van der Waals surface area contributed by atoms with Crippen LogP contribution in [0.2, 0.25) is 0 Å². The molecule has 0 spiro atoms. The molecule has 0 heterocycles. The minimum absolute atomic E-state index is 0.795. The highest BCUT2D eigenvalue weighted by atomic mass is 31.2. The molecule has 0 rings (SSSR count). The zero-order valence-corrected chi connectivity index (χ0v) is 22.3. The molecule has 0 unspecified atom stereocenters. The van der Waals surface area contributed by atoms with Crippen molar-refractivity contribution in [3.8, 4) is 0 Å². The number of allylic oxidation sites excluding steroid dienone is 1. The van der Waals surface area contributed by atoms with Gasteiger partial charge in [0.1, 0.15) is 0 Å². The second-order valence-electron chi connectivity index (χ2n) is 10.3. The van der Waals surface area contributed by atoms with E-state index in [2.05, 4.69) is 38.4 Å². The molecular weight excluding hydrogens is 381 g/mol. The van der Waals surface area contributed by atoms with Crippen molar-refractivity contribution in [1.29, 1.82) is 0 Å². The lowest BCUT2D eigenvalue weighted by Gasteiger charge is -2.12. The molecule has 0 fully saturated rings. The van der Waals surface area contributed by atoms with Crippen molar-refractivity contribution in [1.82, 2.24) is 5.32 Å². The van der Waals surface area contributed by atoms with Crippen LogP contribution in [-0.4, -0.2) is 32.3 Å². The maximum absolute atomic E-state index is 4.30. The fourth-order valence-electron chi connectivity index (χ4n) is 4.08. The molecule has 0 aliphatic carbocycles. The maximum atomic E-state index is 4.30. The van der Waals surface area contributed by atoms with Crippen LogP contribution < -0.4 is 5.32 Å². The Bertz CT molecular complexity index is 409. The summed E-state index contributed by atoms with van der Waals surface area (Å²) in [4.78, 5) is 0. The first-order valence-electron chi connectivity index (χ1n) is 13.5. The Morgan fingerprint density at radius 1 is 0.600 bits per heavy atom. The number of hydrogen-bond acceptors (Lipinski definition) is 1. The first-order valence-corrected chi connectivity index (χ1v) is 16.6. The molecule has 30 heavy (non-hydrogen) atoms. The van der Waals surface area contributed by atoms with Gasteiger partial charge in [0, 0.05) is 12.2 Å². The number of hydrogen-bond donors (Lipinski definition) is 1. The van der Waals surface area contributed by atoms with Gasteiger partial charge >= 0.3 is 0 Å². The molecule has 180 valence electrons. The molecular formula is C28H58NP. The summed E-state index contributed by atoms with van der Waals surface area (Å²) in [5.41, 5.74) is 1.26. The number of rotatable bonds is 24. The van der Waals surface area contributed by atoms with Gasteiger partial charge in [-0.3, -0.25) is 0 Å². The lowest BCUT2D eigenvalue weighted by molar-refractivity contribution is 0.533. The molecule has 0 aromatic rings. The highest BCUT2D eigenvalue weighted by Gasteiger charge is 1.99. The highest BCUT2D eigenvalue weighted by molar-refractivity contribution is 7.72. The molecule has 0 amide bonds. The Morgan fingerprint density at radius 3 is 1.47 bits per heavy atom. The van der Waals surface area contributed by atoms with Crippen molar-refractivity contribution in [2.24, 2.45) is 0 Å². The third-order valence-electron chi connectivity index (χ3n) is 6.15. The molecule has 0 aliphatic heterocycles. The minimum atomic E-state index is -0.795. The smallest absolute Gasteiger partial charge is 0.0143 e. The Hall–Kier alpha value is -0.160. The molecule has 0 radical (unpaired) electrons. The fraction of sp³-hybridized carbons (Fsp3) is 0.893. The first-order chi connectivity index (χ1) is 14.5. The molecule has 0 bridgehead atoms. The van der Waals surface area contributed by atoms with E-state index in [-0.39, 0.29) is 0 Å². The van der Waals surface area contributed by atoms with Crippen molar-refractivity contribution in [3.63, 3.8) is 0 Å². The minimum Gasteiger partial charge on any atom is -0.389 e. The second kappa shape index (κ2) is 22.0. The van der Waals surface area contributed by atoms with Crippen molar-refractivity contribution < 1.29 is 0 Å². The van der Waals surface area contributed by atoms with Gasteiger partial charge in [-0.05, 0) is 45.2 Å². The zero-order valence-electron chi connectivity index (χ0n) is 21.4. The van der Waals surface area contributed by atoms with E-state index in [1.54, 1.807) is 0 Å². The summed E-state index contributed by atoms with van der Waals surface area (Å²) in [7, 11) is 0. The fourth-order valence-corrected chi connectivity index (χ4v) is 5.16. The summed E-state index contributed by atoms with van der Waals surface area (Å²) < 4.78 is 0. The van der Waals surface area contributed by atoms with Crippen LogP contribution >= 0.6 is 6.89 Å². The zero-order chi connectivity index (χ0) is 22.3. The molecule has 1 N–H and O–H groups in total. The quantitative estimate of drug-likeness (QED) is 0.117. The van der Waals surface area contributed by atoms with E-state index in [0.29, 0.717) is 0 Å². The summed E-state index contributed by atoms with van der Waals surface area (Å²) >= 11 is 0. The van der Waals surface area contributed by atoms with Gasteiger partial charge in [0.15, 0.2) is 0 Å². The number of unbranched alkanes of at least 4 members (excludes halogenated alkanes) is 17. The van der Waals surface area contributed by atoms with Crippen molar-refractivity contribution in [2.75, 3.05) is 26.0 Å². The Morgan fingerprint density at radius 2 is 1.00 bits per heavy atom. The predicted molar refractivity (Wildman–Crippen MR) is 146 cm³/mol. The summed E-state index contributed by atoms with van der Waals surface area (Å²) in [6.45, 7) is 11.5. The standard InChI is InChI=1S/C28H58NP/c1-6-7-8-9-10-11-12-13-14-15-16-17-19-22-25-28(2)29-26-23-20-18-21-24-27-30(3,4)5/h29H,2-3,6-27H2,1,4-5H3. The van der Waals surface area contributed by atoms with Crippen LogP contribution in [0.3, 0.4) is 0 Å². The Balaban J connectivity index is 3.19. The van der Waals surface area contributed by atoms with Crippen molar-refractivity contribution in [2.45, 2.75) is 135 Å². The van der Waals surface area contributed by atoms with Gasteiger partial charge in [-0.25, -0.2) is 0 Å². The third kappa shape index (κ3) is 25.9. The van der Waals surface area contributed by atoms with Gasteiger partial charge in [0.25, 0.3) is 0 Å². The molecule has 0 saturated carbocycles. The van der Waals surface area contributed by atoms with E-state index in [1.807, 2.05) is 0 Å². The van der Waals surface area contributed by atoms with Gasteiger partial charge < -0.3 is 5.32 Å². The van der Waals surface area contributed by atoms with E-state index in [0.717, 1.165) is 6.54 Å². The normalized spacial score (nSPS) is 11.7. The summed E-state index contributed by atoms with van der Waals surface area (Å²) in [5.74, 6) is 0. The Labute approximate surface area is 192 Å². The lowest BCUT2D eigenvalue weighted by Crippen LogP contribution is -2.13. The molecule has 1 nitrogen and oxygen atoms in total. The molecule has 0 aromatic carbocycles. The lowest BCUT2D eigenvalue weighted by atomic mass is 10.0. The number of nitrogens with one attached hydrogen (secondary N) is 1. The highest BCUT2D eigenvalue weighted by Crippen LogP contribution is 2.36. The maximum Gasteiger partial charge on any atom is 0.0143 e. The molecule has 0 saturated heterocycles. The van der Waals surface area contributed by atoms with Crippen LogP contribution in [0.4, 0.5) is 0 Å². The van der Waals surface area contributed by atoms with Gasteiger partial charge in [-0.15, -0.1) is 13.2 Å². The summed E-state index contributed by atoms with van der Waals surface area (Å²) in [6, 6.07) is 0. The summed E-state index contributed by atoms with van der Waals surface area (Å²) in [5, 5.41) is 3.55. The molecule has 0 aromatic heterocycles. The van der Waals surface area contributed by atoms with Crippen molar-refractivity contribution >= 4 is 13.2 Å². The first kappa shape index (κ1) is 29.8. The van der Waals surface area contributed by atoms with Crippen molar-refractivity contribution in [3.05, 3.63) is 12.3 Å². The second-order valence-corrected chi connectivity index (χ2v) is 14.6. The van der Waals surface area contributed by atoms with E-state index in [4.69, 9.17) is 0 Å². The van der Waals surface area contributed by atoms with Crippen LogP contribution in [0.5, 0.6) is 0 Å². The van der Waals surface area contributed by atoms with Gasteiger partial charge in [0.2, 0.25) is 0 Å².